The zero-order valence-corrected chi connectivity index (χ0v) is 14.4. The lowest BCUT2D eigenvalue weighted by Gasteiger charge is -2.33. The monoisotopic (exact) mass is 343 g/mol. The topological polar surface area (TPSA) is 73.3 Å². The zero-order chi connectivity index (χ0) is 17.7. The Morgan fingerprint density at radius 2 is 1.81 bits per heavy atom. The largest absolute Gasteiger partial charge is 0.353 e. The average Bonchev–Trinajstić information content (AvgIpc) is 3.07. The molecule has 128 valence electrons. The van der Waals surface area contributed by atoms with E-state index in [1.54, 1.807) is 12.3 Å². The first-order valence-corrected chi connectivity index (χ1v) is 8.65. The number of nitriles is 1. The van der Waals surface area contributed by atoms with Crippen LogP contribution in [0.15, 0.2) is 36.5 Å². The predicted octanol–water partition coefficient (Wildman–Crippen LogP) is 2.05. The normalized spacial score (nSPS) is 15.8. The number of hydrogen-bond acceptors (Lipinski definition) is 6. The third-order valence-electron chi connectivity index (χ3n) is 5.01. The fourth-order valence-corrected chi connectivity index (χ4v) is 3.54. The fourth-order valence-electron chi connectivity index (χ4n) is 3.54. The van der Waals surface area contributed by atoms with Crippen LogP contribution in [0.25, 0.3) is 27.8 Å². The molecule has 26 heavy (non-hydrogen) atoms. The van der Waals surface area contributed by atoms with Crippen LogP contribution in [0.5, 0.6) is 0 Å². The van der Waals surface area contributed by atoms with Crippen LogP contribution >= 0.6 is 0 Å². The summed E-state index contributed by atoms with van der Waals surface area (Å²) >= 11 is 0. The molecule has 1 fully saturated rings. The first-order valence-electron chi connectivity index (χ1n) is 8.65. The third kappa shape index (κ3) is 2.20. The minimum atomic E-state index is 0.510. The van der Waals surface area contributed by atoms with Crippen molar-refractivity contribution in [2.24, 2.45) is 0 Å². The van der Waals surface area contributed by atoms with E-state index in [1.807, 2.05) is 28.7 Å². The van der Waals surface area contributed by atoms with Crippen LogP contribution in [0, 0.1) is 11.3 Å². The number of aromatic nitrogens is 4. The molecule has 1 aliphatic heterocycles. The third-order valence-corrected chi connectivity index (χ3v) is 5.01. The summed E-state index contributed by atoms with van der Waals surface area (Å²) in [5.74, 6) is 0.870. The Balaban J connectivity index is 1.79. The second kappa shape index (κ2) is 5.64. The summed E-state index contributed by atoms with van der Waals surface area (Å²) in [6.45, 7) is 3.88. The summed E-state index contributed by atoms with van der Waals surface area (Å²) < 4.78 is 1.95. The Labute approximate surface area is 150 Å². The van der Waals surface area contributed by atoms with E-state index in [2.05, 4.69) is 32.9 Å². The Hall–Kier alpha value is -3.24. The number of piperazine rings is 1. The molecule has 0 N–H and O–H groups in total. The average molecular weight is 343 g/mol. The van der Waals surface area contributed by atoms with E-state index in [-0.39, 0.29) is 0 Å². The number of rotatable bonds is 1. The number of likely N-dealkylation sites (N-methyl/N-ethyl adjacent to an activating group) is 1. The molecule has 7 heteroatoms. The number of imidazole rings is 1. The molecule has 0 unspecified atom stereocenters. The Bertz CT molecular complexity index is 1180. The summed E-state index contributed by atoms with van der Waals surface area (Å²) in [7, 11) is 2.13. The minimum absolute atomic E-state index is 0.510. The van der Waals surface area contributed by atoms with Gasteiger partial charge in [0.15, 0.2) is 11.3 Å². The molecule has 0 saturated carbocycles. The van der Waals surface area contributed by atoms with E-state index >= 15 is 0 Å². The molecule has 4 aromatic rings. The van der Waals surface area contributed by atoms with E-state index in [1.165, 1.54) is 0 Å². The molecule has 1 aromatic carbocycles. The number of pyridine rings is 1. The molecule has 0 atom stereocenters. The summed E-state index contributed by atoms with van der Waals surface area (Å²) in [6.07, 6.45) is 1.81. The number of para-hydroxylation sites is 2. The Kier molecular flexibility index (Phi) is 3.27. The van der Waals surface area contributed by atoms with Crippen LogP contribution in [0.4, 0.5) is 5.82 Å². The van der Waals surface area contributed by atoms with Crippen LogP contribution in [-0.4, -0.2) is 57.5 Å². The van der Waals surface area contributed by atoms with Crippen LogP contribution in [0.3, 0.4) is 0 Å². The highest BCUT2D eigenvalue weighted by molar-refractivity contribution is 5.90. The molecule has 7 nitrogen and oxygen atoms in total. The van der Waals surface area contributed by atoms with Crippen molar-refractivity contribution in [1.29, 1.82) is 5.26 Å². The fraction of sp³-hybridized carbons (Fsp3) is 0.263. The van der Waals surface area contributed by atoms with E-state index < -0.39 is 0 Å². The van der Waals surface area contributed by atoms with Gasteiger partial charge in [-0.3, -0.25) is 4.40 Å². The molecule has 5 rings (SSSR count). The molecule has 0 bridgehead atoms. The van der Waals surface area contributed by atoms with Gasteiger partial charge in [-0.25, -0.2) is 15.0 Å². The van der Waals surface area contributed by atoms with E-state index in [4.69, 9.17) is 4.98 Å². The molecule has 3 aromatic heterocycles. The maximum atomic E-state index is 9.54. The molecular weight excluding hydrogens is 326 g/mol. The molecule has 4 heterocycles. The maximum Gasteiger partial charge on any atom is 0.167 e. The van der Waals surface area contributed by atoms with Crippen molar-refractivity contribution >= 4 is 33.7 Å². The molecular formula is C19H17N7. The first kappa shape index (κ1) is 15.0. The molecule has 0 aliphatic carbocycles. The van der Waals surface area contributed by atoms with Gasteiger partial charge in [-0.1, -0.05) is 12.1 Å². The standard InChI is InChI=1S/C19H17N7/c1-24-6-8-25(9-7-24)17-12-21-15-10-13(11-20)18-22-14-4-2-3-5-16(14)26(18)19(15)23-17/h2-5,10,12H,6-9H2,1H3. The lowest BCUT2D eigenvalue weighted by atomic mass is 10.2. The quantitative estimate of drug-likeness (QED) is 0.527. The lowest BCUT2D eigenvalue weighted by Crippen LogP contribution is -2.44. The second-order valence-electron chi connectivity index (χ2n) is 6.66. The van der Waals surface area contributed by atoms with Crippen molar-refractivity contribution in [3.8, 4) is 6.07 Å². The van der Waals surface area contributed by atoms with Crippen molar-refractivity contribution in [3.05, 3.63) is 42.1 Å². The number of fused-ring (bicyclic) bond motifs is 5. The first-order chi connectivity index (χ1) is 12.7. The van der Waals surface area contributed by atoms with E-state index in [9.17, 15) is 5.26 Å². The molecule has 1 saturated heterocycles. The maximum absolute atomic E-state index is 9.54. The smallest absolute Gasteiger partial charge is 0.167 e. The number of benzene rings is 1. The van der Waals surface area contributed by atoms with Crippen molar-refractivity contribution in [1.82, 2.24) is 24.3 Å². The molecule has 1 aliphatic rings. The van der Waals surface area contributed by atoms with Crippen LogP contribution in [0.1, 0.15) is 5.56 Å². The summed E-state index contributed by atoms with van der Waals surface area (Å²) in [4.78, 5) is 18.7. The number of nitrogens with zero attached hydrogens (tertiary/aromatic N) is 7. The Morgan fingerprint density at radius 1 is 1.00 bits per heavy atom. The van der Waals surface area contributed by atoms with Gasteiger partial charge < -0.3 is 9.80 Å². The highest BCUT2D eigenvalue weighted by Gasteiger charge is 2.18. The van der Waals surface area contributed by atoms with Crippen LogP contribution < -0.4 is 4.90 Å². The minimum Gasteiger partial charge on any atom is -0.353 e. The zero-order valence-electron chi connectivity index (χ0n) is 14.4. The second-order valence-corrected chi connectivity index (χ2v) is 6.66. The molecule has 0 amide bonds. The van der Waals surface area contributed by atoms with Crippen molar-refractivity contribution in [2.75, 3.05) is 38.1 Å². The summed E-state index contributed by atoms with van der Waals surface area (Å²) in [5.41, 5.74) is 4.37. The summed E-state index contributed by atoms with van der Waals surface area (Å²) in [6, 6.07) is 11.9. The predicted molar refractivity (Wildman–Crippen MR) is 100 cm³/mol. The van der Waals surface area contributed by atoms with E-state index in [0.717, 1.165) is 48.7 Å². The molecule has 0 radical (unpaired) electrons. The van der Waals surface area contributed by atoms with Crippen molar-refractivity contribution in [2.45, 2.75) is 0 Å². The van der Waals surface area contributed by atoms with Gasteiger partial charge in [-0.05, 0) is 25.2 Å². The van der Waals surface area contributed by atoms with Gasteiger partial charge in [0, 0.05) is 26.2 Å². The Morgan fingerprint density at radius 3 is 2.62 bits per heavy atom. The van der Waals surface area contributed by atoms with Gasteiger partial charge in [-0.15, -0.1) is 0 Å². The van der Waals surface area contributed by atoms with Crippen molar-refractivity contribution in [3.63, 3.8) is 0 Å². The lowest BCUT2D eigenvalue weighted by molar-refractivity contribution is 0.312. The van der Waals surface area contributed by atoms with Crippen molar-refractivity contribution < 1.29 is 0 Å². The highest BCUT2D eigenvalue weighted by atomic mass is 15.3. The van der Waals surface area contributed by atoms with Gasteiger partial charge in [-0.2, -0.15) is 5.26 Å². The summed E-state index contributed by atoms with van der Waals surface area (Å²) in [5, 5.41) is 9.54. The number of hydrogen-bond donors (Lipinski definition) is 0. The van der Waals surface area contributed by atoms with E-state index in [0.29, 0.717) is 16.7 Å². The highest BCUT2D eigenvalue weighted by Crippen LogP contribution is 2.25. The van der Waals surface area contributed by atoms with Crippen LogP contribution in [0.2, 0.25) is 0 Å². The van der Waals surface area contributed by atoms with Gasteiger partial charge in [0.25, 0.3) is 0 Å². The number of anilines is 1. The van der Waals surface area contributed by atoms with Crippen LogP contribution in [-0.2, 0) is 0 Å². The van der Waals surface area contributed by atoms with Gasteiger partial charge in [0.2, 0.25) is 0 Å². The SMILES string of the molecule is CN1CCN(c2cnc3cc(C#N)c4nc5ccccc5n4c3n2)CC1. The van der Waals surface area contributed by atoms with Gasteiger partial charge in [0.1, 0.15) is 17.4 Å². The van der Waals surface area contributed by atoms with Gasteiger partial charge in [0.05, 0.1) is 22.8 Å². The van der Waals surface area contributed by atoms with Gasteiger partial charge >= 0.3 is 0 Å². The molecule has 0 spiro atoms.